The molecule has 1 aliphatic heterocycles. The van der Waals surface area contributed by atoms with Gasteiger partial charge in [-0.25, -0.2) is 4.79 Å². The Morgan fingerprint density at radius 1 is 1.29 bits per heavy atom. The lowest BCUT2D eigenvalue weighted by Gasteiger charge is -2.31. The molecule has 2 fully saturated rings. The zero-order chi connectivity index (χ0) is 20.8. The highest BCUT2D eigenvalue weighted by atomic mass is 16.5. The number of nitrogens with zero attached hydrogens (tertiary/aromatic N) is 2. The van der Waals surface area contributed by atoms with Gasteiger partial charge in [-0.1, -0.05) is 39.0 Å². The molecule has 1 saturated carbocycles. The van der Waals surface area contributed by atoms with E-state index >= 15 is 0 Å². The lowest BCUT2D eigenvalue weighted by Crippen LogP contribution is -2.50. The van der Waals surface area contributed by atoms with Crippen molar-refractivity contribution in [1.82, 2.24) is 15.5 Å². The van der Waals surface area contributed by atoms with Crippen molar-refractivity contribution in [3.05, 3.63) is 0 Å². The van der Waals surface area contributed by atoms with Crippen molar-refractivity contribution in [2.75, 3.05) is 13.2 Å². The second-order valence-corrected chi connectivity index (χ2v) is 7.72. The second kappa shape index (κ2) is 9.04. The number of nitriles is 1. The third-order valence-corrected chi connectivity index (χ3v) is 5.33. The van der Waals surface area contributed by atoms with Crippen molar-refractivity contribution in [2.24, 2.45) is 0 Å². The number of rotatable bonds is 8. The highest BCUT2D eigenvalue weighted by Crippen LogP contribution is 2.27. The number of esters is 1. The first-order valence-electron chi connectivity index (χ1n) is 9.77. The molecule has 0 unspecified atom stereocenters. The largest absolute Gasteiger partial charge is 0.454 e. The van der Waals surface area contributed by atoms with Crippen LogP contribution in [-0.2, 0) is 19.1 Å². The summed E-state index contributed by atoms with van der Waals surface area (Å²) in [6.07, 6.45) is 6.01. The predicted molar refractivity (Wildman–Crippen MR) is 98.7 cm³/mol. The van der Waals surface area contributed by atoms with E-state index in [1.54, 1.807) is 6.92 Å². The van der Waals surface area contributed by atoms with Crippen molar-refractivity contribution < 1.29 is 23.9 Å². The molecule has 9 heteroatoms. The summed E-state index contributed by atoms with van der Waals surface area (Å²) < 4.78 is 4.91. The van der Waals surface area contributed by atoms with Gasteiger partial charge in [-0.05, 0) is 26.2 Å². The fourth-order valence-electron chi connectivity index (χ4n) is 3.63. The van der Waals surface area contributed by atoms with Crippen LogP contribution in [-0.4, -0.2) is 52.9 Å². The third kappa shape index (κ3) is 5.00. The first-order valence-corrected chi connectivity index (χ1v) is 9.77. The van der Waals surface area contributed by atoms with E-state index in [4.69, 9.17) is 4.74 Å². The lowest BCUT2D eigenvalue weighted by molar-refractivity contribution is -0.151. The van der Waals surface area contributed by atoms with Gasteiger partial charge in [0.15, 0.2) is 6.61 Å². The zero-order valence-corrected chi connectivity index (χ0v) is 16.5. The summed E-state index contributed by atoms with van der Waals surface area (Å²) in [6.45, 7) is 2.50. The van der Waals surface area contributed by atoms with Crippen LogP contribution in [0.5, 0.6) is 0 Å². The first-order chi connectivity index (χ1) is 13.2. The quantitative estimate of drug-likeness (QED) is 0.474. The molecule has 28 heavy (non-hydrogen) atoms. The average Bonchev–Trinajstić information content (AvgIpc) is 2.89. The molecule has 1 saturated heterocycles. The van der Waals surface area contributed by atoms with Gasteiger partial charge < -0.3 is 15.4 Å². The molecule has 2 aliphatic rings. The smallest absolute Gasteiger partial charge is 0.326 e. The number of urea groups is 1. The van der Waals surface area contributed by atoms with E-state index in [-0.39, 0.29) is 0 Å². The molecule has 2 N–H and O–H groups in total. The number of carbonyl (C=O) groups is 4. The zero-order valence-electron chi connectivity index (χ0n) is 16.5. The van der Waals surface area contributed by atoms with E-state index in [9.17, 15) is 24.4 Å². The molecular weight excluding hydrogens is 364 g/mol. The molecule has 2 rings (SSSR count). The van der Waals surface area contributed by atoms with Crippen molar-refractivity contribution >= 4 is 23.8 Å². The molecule has 1 heterocycles. The molecule has 0 aromatic carbocycles. The van der Waals surface area contributed by atoms with E-state index in [0.717, 1.165) is 37.0 Å². The van der Waals surface area contributed by atoms with Gasteiger partial charge in [0, 0.05) is 0 Å². The molecule has 0 radical (unpaired) electrons. The summed E-state index contributed by atoms with van der Waals surface area (Å²) >= 11 is 0. The van der Waals surface area contributed by atoms with Gasteiger partial charge >= 0.3 is 12.0 Å². The Balaban J connectivity index is 1.83. The van der Waals surface area contributed by atoms with Gasteiger partial charge in [0.05, 0.1) is 6.07 Å². The summed E-state index contributed by atoms with van der Waals surface area (Å²) in [5.41, 5.74) is -1.93. The molecular formula is C19H28N4O5. The number of amides is 4. The minimum atomic E-state index is -1.02. The fourth-order valence-corrected chi connectivity index (χ4v) is 3.63. The van der Waals surface area contributed by atoms with Crippen LogP contribution < -0.4 is 10.6 Å². The fraction of sp³-hybridized carbons (Fsp3) is 0.737. The number of hydrogen-bond acceptors (Lipinski definition) is 6. The minimum absolute atomic E-state index is 0.474. The Morgan fingerprint density at radius 2 is 1.96 bits per heavy atom. The highest BCUT2D eigenvalue weighted by molar-refractivity contribution is 6.08. The number of hydrogen-bond donors (Lipinski definition) is 2. The van der Waals surface area contributed by atoms with Crippen LogP contribution in [0.2, 0.25) is 0 Å². The van der Waals surface area contributed by atoms with E-state index in [1.807, 2.05) is 6.92 Å². The van der Waals surface area contributed by atoms with E-state index in [0.29, 0.717) is 19.3 Å². The normalized spacial score (nSPS) is 23.7. The van der Waals surface area contributed by atoms with Gasteiger partial charge in [-0.3, -0.25) is 19.3 Å². The summed E-state index contributed by atoms with van der Waals surface area (Å²) in [5, 5.41) is 14.6. The lowest BCUT2D eigenvalue weighted by atomic mass is 9.83. The van der Waals surface area contributed by atoms with E-state index in [1.165, 1.54) is 0 Å². The Morgan fingerprint density at radius 3 is 2.57 bits per heavy atom. The number of carbonyl (C=O) groups excluding carboxylic acids is 4. The van der Waals surface area contributed by atoms with Gasteiger partial charge in [0.25, 0.3) is 11.8 Å². The standard InChI is InChI=1S/C19H28N4O5/c1-3-4-8-18(2)16(26)23(17(27)22-18)11-15(25)28-12-14(24)21-19(13-20)9-6-5-7-10-19/h3-12H2,1-2H3,(H,21,24)(H,22,27)/t18-/m0/s1. The SMILES string of the molecule is CCCC[C@]1(C)NC(=O)N(CC(=O)OCC(=O)NC2(C#N)CCCCC2)C1=O. The maximum absolute atomic E-state index is 12.5. The van der Waals surface area contributed by atoms with Crippen LogP contribution in [0.4, 0.5) is 4.79 Å². The molecule has 1 aliphatic carbocycles. The molecule has 0 spiro atoms. The molecule has 0 aromatic rings. The van der Waals surface area contributed by atoms with Gasteiger partial charge in [0.1, 0.15) is 17.6 Å². The van der Waals surface area contributed by atoms with Crippen LogP contribution in [0.25, 0.3) is 0 Å². The van der Waals surface area contributed by atoms with Crippen LogP contribution in [0.1, 0.15) is 65.2 Å². The first kappa shape index (κ1) is 21.7. The van der Waals surface area contributed by atoms with E-state index < -0.39 is 48.0 Å². The predicted octanol–water partition coefficient (Wildman–Crippen LogP) is 1.37. The monoisotopic (exact) mass is 392 g/mol. The minimum Gasteiger partial charge on any atom is -0.454 e. The van der Waals surface area contributed by atoms with E-state index in [2.05, 4.69) is 16.7 Å². The third-order valence-electron chi connectivity index (χ3n) is 5.33. The molecule has 0 bridgehead atoms. The maximum Gasteiger partial charge on any atom is 0.326 e. The molecule has 9 nitrogen and oxygen atoms in total. The van der Waals surface area contributed by atoms with Gasteiger partial charge in [-0.2, -0.15) is 5.26 Å². The molecule has 0 aromatic heterocycles. The van der Waals surface area contributed by atoms with Crippen LogP contribution >= 0.6 is 0 Å². The van der Waals surface area contributed by atoms with Gasteiger partial charge in [-0.15, -0.1) is 0 Å². The number of nitrogens with one attached hydrogen (secondary N) is 2. The van der Waals surface area contributed by atoms with Crippen molar-refractivity contribution in [1.29, 1.82) is 5.26 Å². The topological polar surface area (TPSA) is 129 Å². The van der Waals surface area contributed by atoms with Crippen LogP contribution in [0, 0.1) is 11.3 Å². The molecule has 154 valence electrons. The Labute approximate surface area is 164 Å². The van der Waals surface area contributed by atoms with Crippen molar-refractivity contribution in [2.45, 2.75) is 76.3 Å². The second-order valence-electron chi connectivity index (χ2n) is 7.72. The molecule has 1 atom stereocenters. The Kier molecular flexibility index (Phi) is 7.00. The Bertz CT molecular complexity index is 680. The Hall–Kier alpha value is -2.63. The number of unbranched alkanes of at least 4 members (excludes halogenated alkanes) is 1. The summed E-state index contributed by atoms with van der Waals surface area (Å²) in [6, 6.07) is 1.51. The summed E-state index contributed by atoms with van der Waals surface area (Å²) in [7, 11) is 0. The summed E-state index contributed by atoms with van der Waals surface area (Å²) in [4.78, 5) is 49.4. The average molecular weight is 392 g/mol. The van der Waals surface area contributed by atoms with Crippen LogP contribution in [0.15, 0.2) is 0 Å². The summed E-state index contributed by atoms with van der Waals surface area (Å²) in [5.74, 6) is -1.90. The van der Waals surface area contributed by atoms with Gasteiger partial charge in [0.2, 0.25) is 0 Å². The van der Waals surface area contributed by atoms with Crippen molar-refractivity contribution in [3.8, 4) is 6.07 Å². The van der Waals surface area contributed by atoms with Crippen molar-refractivity contribution in [3.63, 3.8) is 0 Å². The number of ether oxygens (including phenoxy) is 1. The van der Waals surface area contributed by atoms with Crippen LogP contribution in [0.3, 0.4) is 0 Å². The highest BCUT2D eigenvalue weighted by Gasteiger charge is 2.47. The maximum atomic E-state index is 12.5. The molecule has 4 amide bonds. The number of imide groups is 1.